The number of carbonyl (C=O) groups excluding carboxylic acids is 2. The number of hydrogen-bond acceptors (Lipinski definition) is 4. The van der Waals surface area contributed by atoms with Gasteiger partial charge < -0.3 is 4.74 Å². The van der Waals surface area contributed by atoms with Crippen molar-refractivity contribution in [3.8, 4) is 0 Å². The monoisotopic (exact) mass is 280 g/mol. The summed E-state index contributed by atoms with van der Waals surface area (Å²) in [6.07, 6.45) is -3.71. The molecule has 0 aromatic carbocycles. The highest BCUT2D eigenvalue weighted by Gasteiger charge is 2.40. The van der Waals surface area contributed by atoms with E-state index in [9.17, 15) is 22.8 Å². The van der Waals surface area contributed by atoms with Crippen LogP contribution in [0.3, 0.4) is 0 Å². The number of ketones is 1. The van der Waals surface area contributed by atoms with Gasteiger partial charge in [-0.3, -0.25) is 9.59 Å². The lowest BCUT2D eigenvalue weighted by Gasteiger charge is -2.01. The smallest absolute Gasteiger partial charge is 0.455 e. The van der Waals surface area contributed by atoms with Crippen LogP contribution in [0, 0.1) is 0 Å². The molecule has 1 aromatic heterocycles. The summed E-state index contributed by atoms with van der Waals surface area (Å²) in [6, 6.07) is 2.63. The van der Waals surface area contributed by atoms with Gasteiger partial charge in [-0.2, -0.15) is 13.2 Å². The number of aryl methyl sites for hydroxylation is 1. The summed E-state index contributed by atoms with van der Waals surface area (Å²) >= 11 is 0.805. The van der Waals surface area contributed by atoms with Gasteiger partial charge in [-0.25, -0.2) is 0 Å². The molecule has 0 saturated heterocycles. The SMILES string of the molecule is COC(=O)CCCc1ccc(C(=O)C(F)(F)F)s1. The highest BCUT2D eigenvalue weighted by Crippen LogP contribution is 2.27. The summed E-state index contributed by atoms with van der Waals surface area (Å²) in [7, 11) is 1.27. The molecule has 18 heavy (non-hydrogen) atoms. The number of halogens is 3. The third kappa shape index (κ3) is 4.14. The Kier molecular flexibility index (Phi) is 4.89. The molecule has 100 valence electrons. The van der Waals surface area contributed by atoms with Gasteiger partial charge in [-0.1, -0.05) is 0 Å². The molecule has 3 nitrogen and oxygen atoms in total. The third-order valence-corrected chi connectivity index (χ3v) is 3.32. The van der Waals surface area contributed by atoms with E-state index in [-0.39, 0.29) is 17.3 Å². The van der Waals surface area contributed by atoms with Crippen LogP contribution in [-0.4, -0.2) is 25.0 Å². The van der Waals surface area contributed by atoms with Gasteiger partial charge in [0.1, 0.15) is 0 Å². The van der Waals surface area contributed by atoms with Crippen molar-refractivity contribution in [1.29, 1.82) is 0 Å². The van der Waals surface area contributed by atoms with Crippen LogP contribution in [0.2, 0.25) is 0 Å². The minimum absolute atomic E-state index is 0.205. The lowest BCUT2D eigenvalue weighted by atomic mass is 10.2. The molecular weight excluding hydrogens is 269 g/mol. The lowest BCUT2D eigenvalue weighted by molar-refractivity contribution is -0.140. The Bertz CT molecular complexity index is 437. The first-order valence-corrected chi connectivity index (χ1v) is 5.93. The molecule has 7 heteroatoms. The fourth-order valence-corrected chi connectivity index (χ4v) is 2.29. The lowest BCUT2D eigenvalue weighted by Crippen LogP contribution is -2.21. The second kappa shape index (κ2) is 5.99. The van der Waals surface area contributed by atoms with Crippen LogP contribution in [0.5, 0.6) is 0 Å². The average Bonchev–Trinajstić information content (AvgIpc) is 2.75. The minimum atomic E-state index is -4.84. The molecule has 0 fully saturated rings. The van der Waals surface area contributed by atoms with Crippen molar-refractivity contribution in [2.75, 3.05) is 7.11 Å². The van der Waals surface area contributed by atoms with Crippen molar-refractivity contribution in [1.82, 2.24) is 0 Å². The summed E-state index contributed by atoms with van der Waals surface area (Å²) in [6.45, 7) is 0. The van der Waals surface area contributed by atoms with E-state index >= 15 is 0 Å². The Morgan fingerprint density at radius 2 is 2.00 bits per heavy atom. The molecule has 1 aromatic rings. The van der Waals surface area contributed by atoms with Gasteiger partial charge in [-0.15, -0.1) is 11.3 Å². The zero-order chi connectivity index (χ0) is 13.8. The van der Waals surface area contributed by atoms with Crippen LogP contribution < -0.4 is 0 Å². The van der Waals surface area contributed by atoms with Gasteiger partial charge in [0.15, 0.2) is 0 Å². The van der Waals surface area contributed by atoms with E-state index < -0.39 is 12.0 Å². The zero-order valence-corrected chi connectivity index (χ0v) is 10.4. The maximum absolute atomic E-state index is 12.1. The van der Waals surface area contributed by atoms with Crippen LogP contribution in [0.15, 0.2) is 12.1 Å². The largest absolute Gasteiger partial charge is 0.469 e. The van der Waals surface area contributed by atoms with Crippen LogP contribution in [0.4, 0.5) is 13.2 Å². The molecule has 1 rings (SSSR count). The minimum Gasteiger partial charge on any atom is -0.469 e. The van der Waals surface area contributed by atoms with E-state index in [0.717, 1.165) is 17.4 Å². The van der Waals surface area contributed by atoms with Crippen molar-refractivity contribution >= 4 is 23.1 Å². The Labute approximate surface area is 106 Å². The number of methoxy groups -OCH3 is 1. The van der Waals surface area contributed by atoms with Crippen LogP contribution in [-0.2, 0) is 16.0 Å². The molecule has 0 amide bonds. The predicted molar refractivity (Wildman–Crippen MR) is 59.7 cm³/mol. The molecular formula is C11H11F3O3S. The van der Waals surface area contributed by atoms with E-state index in [1.807, 2.05) is 0 Å². The van der Waals surface area contributed by atoms with E-state index in [4.69, 9.17) is 0 Å². The molecule has 0 aliphatic heterocycles. The molecule has 0 aliphatic rings. The van der Waals surface area contributed by atoms with Crippen molar-refractivity contribution < 1.29 is 27.5 Å². The van der Waals surface area contributed by atoms with E-state index in [1.54, 1.807) is 0 Å². The number of ether oxygens (including phenoxy) is 1. The topological polar surface area (TPSA) is 43.4 Å². The van der Waals surface area contributed by atoms with Gasteiger partial charge in [0.2, 0.25) is 0 Å². The summed E-state index contributed by atoms with van der Waals surface area (Å²) in [5, 5.41) is 0. The Balaban J connectivity index is 2.54. The number of alkyl halides is 3. The van der Waals surface area contributed by atoms with Crippen molar-refractivity contribution in [2.45, 2.75) is 25.4 Å². The molecule has 0 unspecified atom stereocenters. The fourth-order valence-electron chi connectivity index (χ4n) is 1.28. The van der Waals surface area contributed by atoms with Crippen LogP contribution in [0.25, 0.3) is 0 Å². The second-order valence-corrected chi connectivity index (χ2v) is 4.69. The first kappa shape index (κ1) is 14.7. The number of hydrogen-bond donors (Lipinski definition) is 0. The van der Waals surface area contributed by atoms with E-state index in [0.29, 0.717) is 17.7 Å². The molecule has 0 aliphatic carbocycles. The van der Waals surface area contributed by atoms with Gasteiger partial charge in [0.05, 0.1) is 12.0 Å². The number of rotatable bonds is 5. The number of Topliss-reactive ketones (excluding diaryl/α,β-unsaturated/α-hetero) is 1. The predicted octanol–water partition coefficient (Wildman–Crippen LogP) is 2.99. The first-order valence-electron chi connectivity index (χ1n) is 5.11. The summed E-state index contributed by atoms with van der Waals surface area (Å²) in [5.41, 5.74) is 0. The molecule has 0 bridgehead atoms. The number of esters is 1. The molecule has 0 radical (unpaired) electrons. The Morgan fingerprint density at radius 1 is 1.33 bits per heavy atom. The van der Waals surface area contributed by atoms with Crippen LogP contribution >= 0.6 is 11.3 Å². The molecule has 0 atom stereocenters. The third-order valence-electron chi connectivity index (χ3n) is 2.17. The molecule has 1 heterocycles. The summed E-state index contributed by atoms with van der Waals surface area (Å²) in [5.74, 6) is -2.19. The van der Waals surface area contributed by atoms with E-state index in [2.05, 4.69) is 4.74 Å². The highest BCUT2D eigenvalue weighted by atomic mass is 32.1. The zero-order valence-electron chi connectivity index (χ0n) is 9.54. The molecule has 0 N–H and O–H groups in total. The number of thiophene rings is 1. The van der Waals surface area contributed by atoms with Gasteiger partial charge in [0, 0.05) is 11.3 Å². The van der Waals surface area contributed by atoms with Crippen molar-refractivity contribution in [2.24, 2.45) is 0 Å². The van der Waals surface area contributed by atoms with Crippen molar-refractivity contribution in [3.63, 3.8) is 0 Å². The number of carbonyl (C=O) groups is 2. The quantitative estimate of drug-likeness (QED) is 0.615. The normalized spacial score (nSPS) is 11.3. The summed E-state index contributed by atoms with van der Waals surface area (Å²) in [4.78, 5) is 22.1. The molecule has 0 saturated carbocycles. The van der Waals surface area contributed by atoms with Crippen LogP contribution in [0.1, 0.15) is 27.4 Å². The maximum atomic E-state index is 12.1. The Hall–Kier alpha value is -1.37. The second-order valence-electron chi connectivity index (χ2n) is 3.52. The van der Waals surface area contributed by atoms with Gasteiger partial charge in [-0.05, 0) is 25.0 Å². The summed E-state index contributed by atoms with van der Waals surface area (Å²) < 4.78 is 40.9. The standard InChI is InChI=1S/C11H11F3O3S/c1-17-9(15)4-2-3-7-5-6-8(18-7)10(16)11(12,13)14/h5-6H,2-4H2,1H3. The highest BCUT2D eigenvalue weighted by molar-refractivity contribution is 7.14. The maximum Gasteiger partial charge on any atom is 0.455 e. The van der Waals surface area contributed by atoms with Gasteiger partial charge in [0.25, 0.3) is 5.78 Å². The van der Waals surface area contributed by atoms with E-state index in [1.165, 1.54) is 13.2 Å². The molecule has 0 spiro atoms. The fraction of sp³-hybridized carbons (Fsp3) is 0.455. The average molecular weight is 280 g/mol. The first-order chi connectivity index (χ1) is 8.34. The van der Waals surface area contributed by atoms with Crippen molar-refractivity contribution in [3.05, 3.63) is 21.9 Å². The Morgan fingerprint density at radius 3 is 2.56 bits per heavy atom. The van der Waals surface area contributed by atoms with Gasteiger partial charge >= 0.3 is 12.1 Å².